The van der Waals surface area contributed by atoms with E-state index < -0.39 is 0 Å². The van der Waals surface area contributed by atoms with E-state index >= 15 is 0 Å². The third-order valence-corrected chi connectivity index (χ3v) is 7.67. The highest BCUT2D eigenvalue weighted by atomic mass is 16.2. The van der Waals surface area contributed by atoms with Crippen molar-refractivity contribution in [1.82, 2.24) is 14.7 Å². The third kappa shape index (κ3) is 3.80. The molecule has 0 unspecified atom stereocenters. The van der Waals surface area contributed by atoms with Gasteiger partial charge < -0.3 is 9.80 Å². The molecule has 1 saturated carbocycles. The number of carbonyl (C=O) groups is 2. The van der Waals surface area contributed by atoms with E-state index in [9.17, 15) is 9.59 Å². The van der Waals surface area contributed by atoms with Gasteiger partial charge in [0.25, 0.3) is 11.8 Å². The molecule has 5 nitrogen and oxygen atoms in total. The fourth-order valence-corrected chi connectivity index (χ4v) is 5.52. The summed E-state index contributed by atoms with van der Waals surface area (Å²) in [5.41, 5.74) is 3.90. The van der Waals surface area contributed by atoms with Gasteiger partial charge in [-0.05, 0) is 48.2 Å². The minimum absolute atomic E-state index is 0.102. The molecule has 2 aliphatic heterocycles. The Morgan fingerprint density at radius 3 is 1.85 bits per heavy atom. The van der Waals surface area contributed by atoms with Crippen LogP contribution in [0.5, 0.6) is 0 Å². The summed E-state index contributed by atoms with van der Waals surface area (Å²) in [7, 11) is 0. The van der Waals surface area contributed by atoms with E-state index in [1.165, 1.54) is 0 Å². The van der Waals surface area contributed by atoms with E-state index in [1.807, 2.05) is 82.6 Å². The second kappa shape index (κ2) is 8.41. The van der Waals surface area contributed by atoms with Crippen LogP contribution in [0.3, 0.4) is 0 Å². The van der Waals surface area contributed by atoms with Crippen molar-refractivity contribution >= 4 is 11.8 Å². The predicted octanol–water partition coefficient (Wildman–Crippen LogP) is 4.17. The number of hydrogen-bond acceptors (Lipinski definition) is 3. The molecule has 2 heterocycles. The summed E-state index contributed by atoms with van der Waals surface area (Å²) < 4.78 is 0. The maximum absolute atomic E-state index is 13.3. The molecular formula is C29H29N3O2. The van der Waals surface area contributed by atoms with Gasteiger partial charge >= 0.3 is 0 Å². The zero-order valence-electron chi connectivity index (χ0n) is 19.3. The number of rotatable bonds is 4. The Kier molecular flexibility index (Phi) is 5.22. The highest BCUT2D eigenvalue weighted by Gasteiger charge is 2.55. The van der Waals surface area contributed by atoms with Crippen molar-refractivity contribution in [2.75, 3.05) is 32.7 Å². The SMILES string of the molecule is O=C(c1ccccc1)N1CC(N2CCN(C(=O)c3ccc(-c4ccccc4)cc3)CC23CC3)C1. The Balaban J connectivity index is 1.08. The van der Waals surface area contributed by atoms with Crippen LogP contribution < -0.4 is 0 Å². The van der Waals surface area contributed by atoms with Gasteiger partial charge in [-0.2, -0.15) is 0 Å². The molecule has 3 aliphatic rings. The molecule has 5 heteroatoms. The first-order valence-electron chi connectivity index (χ1n) is 12.2. The largest absolute Gasteiger partial charge is 0.336 e. The first kappa shape index (κ1) is 21.1. The zero-order chi connectivity index (χ0) is 23.1. The van der Waals surface area contributed by atoms with Gasteiger partial charge in [0.15, 0.2) is 0 Å². The Bertz CT molecular complexity index is 1180. The van der Waals surface area contributed by atoms with Crippen molar-refractivity contribution in [2.24, 2.45) is 0 Å². The minimum Gasteiger partial charge on any atom is -0.336 e. The summed E-state index contributed by atoms with van der Waals surface area (Å²) >= 11 is 0. The quantitative estimate of drug-likeness (QED) is 0.598. The number of carbonyl (C=O) groups excluding carboxylic acids is 2. The van der Waals surface area contributed by atoms with Crippen LogP contribution in [0.4, 0.5) is 0 Å². The van der Waals surface area contributed by atoms with Crippen LogP contribution in [0, 0.1) is 0 Å². The molecular weight excluding hydrogens is 422 g/mol. The van der Waals surface area contributed by atoms with E-state index in [0.717, 1.165) is 67.8 Å². The van der Waals surface area contributed by atoms with Crippen LogP contribution in [-0.4, -0.2) is 70.8 Å². The predicted molar refractivity (Wildman–Crippen MR) is 133 cm³/mol. The second-order valence-electron chi connectivity index (χ2n) is 9.82. The maximum Gasteiger partial charge on any atom is 0.253 e. The lowest BCUT2D eigenvalue weighted by Crippen LogP contribution is -2.68. The number of likely N-dealkylation sites (tertiary alicyclic amines) is 1. The molecule has 2 amide bonds. The summed E-state index contributed by atoms with van der Waals surface area (Å²) in [6.45, 7) is 3.97. The Morgan fingerprint density at radius 2 is 1.21 bits per heavy atom. The maximum atomic E-state index is 13.3. The van der Waals surface area contributed by atoms with Crippen LogP contribution >= 0.6 is 0 Å². The van der Waals surface area contributed by atoms with Crippen LogP contribution in [0.25, 0.3) is 11.1 Å². The minimum atomic E-state index is 0.102. The normalized spacial score (nSPS) is 19.6. The summed E-state index contributed by atoms with van der Waals surface area (Å²) in [5, 5.41) is 0. The standard InChI is InChI=1S/C29H29N3O2/c33-27(25-13-11-23(12-14-25)22-7-3-1-4-8-22)30-17-18-32(29(21-30)15-16-29)26-19-31(20-26)28(34)24-9-5-2-6-10-24/h1-14,26H,15-21H2. The summed E-state index contributed by atoms with van der Waals surface area (Å²) in [5.74, 6) is 0.245. The molecule has 0 N–H and O–H groups in total. The van der Waals surface area contributed by atoms with E-state index in [0.29, 0.717) is 6.04 Å². The Labute approximate surface area is 200 Å². The lowest BCUT2D eigenvalue weighted by molar-refractivity contribution is -0.0267. The first-order chi connectivity index (χ1) is 16.6. The number of benzene rings is 3. The highest BCUT2D eigenvalue weighted by Crippen LogP contribution is 2.46. The van der Waals surface area contributed by atoms with Gasteiger partial charge in [-0.25, -0.2) is 0 Å². The van der Waals surface area contributed by atoms with E-state index in [2.05, 4.69) is 17.0 Å². The van der Waals surface area contributed by atoms with Crippen molar-refractivity contribution in [3.8, 4) is 11.1 Å². The summed E-state index contributed by atoms with van der Waals surface area (Å²) in [4.78, 5) is 32.5. The third-order valence-electron chi connectivity index (χ3n) is 7.67. The molecule has 3 aromatic rings. The zero-order valence-corrected chi connectivity index (χ0v) is 19.3. The fourth-order valence-electron chi connectivity index (χ4n) is 5.52. The van der Waals surface area contributed by atoms with Gasteiger partial charge in [0, 0.05) is 55.4 Å². The summed E-state index contributed by atoms with van der Waals surface area (Å²) in [6.07, 6.45) is 2.26. The van der Waals surface area contributed by atoms with E-state index in [-0.39, 0.29) is 17.4 Å². The van der Waals surface area contributed by atoms with Gasteiger partial charge in [0.2, 0.25) is 0 Å². The van der Waals surface area contributed by atoms with Crippen molar-refractivity contribution < 1.29 is 9.59 Å². The molecule has 0 aromatic heterocycles. The molecule has 0 radical (unpaired) electrons. The average Bonchev–Trinajstić information content (AvgIpc) is 3.64. The average molecular weight is 452 g/mol. The van der Waals surface area contributed by atoms with Crippen LogP contribution in [-0.2, 0) is 0 Å². The van der Waals surface area contributed by atoms with Crippen LogP contribution in [0.2, 0.25) is 0 Å². The molecule has 0 atom stereocenters. The number of nitrogens with zero attached hydrogens (tertiary/aromatic N) is 3. The molecule has 3 aromatic carbocycles. The van der Waals surface area contributed by atoms with Gasteiger partial charge in [0.1, 0.15) is 0 Å². The number of amides is 2. The van der Waals surface area contributed by atoms with Crippen molar-refractivity contribution in [2.45, 2.75) is 24.4 Å². The Morgan fingerprint density at radius 1 is 0.647 bits per heavy atom. The van der Waals surface area contributed by atoms with E-state index in [1.54, 1.807) is 0 Å². The molecule has 0 bridgehead atoms. The molecule has 2 saturated heterocycles. The van der Waals surface area contributed by atoms with Gasteiger partial charge in [-0.3, -0.25) is 14.5 Å². The molecule has 172 valence electrons. The Hall–Kier alpha value is -3.44. The molecule has 1 aliphatic carbocycles. The molecule has 34 heavy (non-hydrogen) atoms. The van der Waals surface area contributed by atoms with Crippen LogP contribution in [0.15, 0.2) is 84.9 Å². The molecule has 1 spiro atoms. The van der Waals surface area contributed by atoms with Crippen LogP contribution in [0.1, 0.15) is 33.6 Å². The molecule has 6 rings (SSSR count). The van der Waals surface area contributed by atoms with Gasteiger partial charge in [0.05, 0.1) is 0 Å². The van der Waals surface area contributed by atoms with Gasteiger partial charge in [-0.15, -0.1) is 0 Å². The summed E-state index contributed by atoms with van der Waals surface area (Å²) in [6, 6.07) is 28.2. The van der Waals surface area contributed by atoms with Crippen molar-refractivity contribution in [3.05, 3.63) is 96.1 Å². The first-order valence-corrected chi connectivity index (χ1v) is 12.2. The topological polar surface area (TPSA) is 43.9 Å². The number of piperazine rings is 1. The smallest absolute Gasteiger partial charge is 0.253 e. The van der Waals surface area contributed by atoms with Crippen molar-refractivity contribution in [1.29, 1.82) is 0 Å². The second-order valence-corrected chi connectivity index (χ2v) is 9.82. The van der Waals surface area contributed by atoms with Crippen molar-refractivity contribution in [3.63, 3.8) is 0 Å². The monoisotopic (exact) mass is 451 g/mol. The highest BCUT2D eigenvalue weighted by molar-refractivity contribution is 5.95. The molecule has 3 fully saturated rings. The fraction of sp³-hybridized carbons (Fsp3) is 0.310. The number of hydrogen-bond donors (Lipinski definition) is 0. The lowest BCUT2D eigenvalue weighted by Gasteiger charge is -2.52. The lowest BCUT2D eigenvalue weighted by atomic mass is 9.98. The van der Waals surface area contributed by atoms with E-state index in [4.69, 9.17) is 0 Å². The van der Waals surface area contributed by atoms with Gasteiger partial charge in [-0.1, -0.05) is 60.7 Å².